The zero-order valence-corrected chi connectivity index (χ0v) is 13.3. The molecule has 0 radical (unpaired) electrons. The highest BCUT2D eigenvalue weighted by Gasteiger charge is 2.43. The van der Waals surface area contributed by atoms with Crippen LogP contribution in [0.25, 0.3) is 10.4 Å². The van der Waals surface area contributed by atoms with E-state index in [9.17, 15) is 9.59 Å². The van der Waals surface area contributed by atoms with E-state index in [1.165, 1.54) is 14.0 Å². The van der Waals surface area contributed by atoms with Crippen molar-refractivity contribution in [1.29, 1.82) is 0 Å². The first-order valence-electron chi connectivity index (χ1n) is 7.21. The van der Waals surface area contributed by atoms with E-state index in [1.54, 1.807) is 25.1 Å². The van der Waals surface area contributed by atoms with Gasteiger partial charge in [-0.05, 0) is 43.9 Å². The summed E-state index contributed by atoms with van der Waals surface area (Å²) in [6.07, 6.45) is -0.0185. The molecule has 0 fully saturated rings. The van der Waals surface area contributed by atoms with Gasteiger partial charge in [0.25, 0.3) is 0 Å². The summed E-state index contributed by atoms with van der Waals surface area (Å²) in [6.45, 7) is 3.30. The molecular formula is C15H18N4O4. The second-order valence-corrected chi connectivity index (χ2v) is 5.30. The largest absolute Gasteiger partial charge is 0.497 e. The molecule has 0 aliphatic carbocycles. The molecule has 0 aromatic heterocycles. The van der Waals surface area contributed by atoms with Crippen LogP contribution in [0.1, 0.15) is 25.8 Å². The number of aryl methyl sites for hydroxylation is 1. The minimum Gasteiger partial charge on any atom is -0.497 e. The van der Waals surface area contributed by atoms with Gasteiger partial charge in [0, 0.05) is 11.0 Å². The second-order valence-electron chi connectivity index (χ2n) is 5.30. The van der Waals surface area contributed by atoms with Gasteiger partial charge in [-0.1, -0.05) is 11.2 Å². The Kier molecular flexibility index (Phi) is 4.76. The van der Waals surface area contributed by atoms with E-state index in [0.29, 0.717) is 24.3 Å². The van der Waals surface area contributed by atoms with Crippen LogP contribution in [0.15, 0.2) is 23.3 Å². The Morgan fingerprint density at radius 2 is 2.26 bits per heavy atom. The lowest BCUT2D eigenvalue weighted by atomic mass is 9.95. The third-order valence-electron chi connectivity index (χ3n) is 3.79. The Balaban J connectivity index is 2.61. The van der Waals surface area contributed by atoms with Crippen molar-refractivity contribution in [3.8, 4) is 5.75 Å². The second kappa shape index (κ2) is 6.58. The van der Waals surface area contributed by atoms with Crippen LogP contribution in [0, 0.1) is 0 Å². The molecule has 0 saturated carbocycles. The topological polar surface area (TPSA) is 105 Å². The van der Waals surface area contributed by atoms with Crippen LogP contribution in [-0.2, 0) is 16.0 Å². The van der Waals surface area contributed by atoms with E-state index in [1.807, 2.05) is 0 Å². The Bertz CT molecular complexity index is 684. The summed E-state index contributed by atoms with van der Waals surface area (Å²) in [5, 5.41) is 3.63. The van der Waals surface area contributed by atoms with Gasteiger partial charge < -0.3 is 9.47 Å². The van der Waals surface area contributed by atoms with Gasteiger partial charge >= 0.3 is 6.09 Å². The van der Waals surface area contributed by atoms with Crippen molar-refractivity contribution >= 4 is 17.7 Å². The summed E-state index contributed by atoms with van der Waals surface area (Å²) < 4.78 is 10.2. The number of hydrogen-bond acceptors (Lipinski definition) is 5. The van der Waals surface area contributed by atoms with E-state index < -0.39 is 17.5 Å². The highest BCUT2D eigenvalue weighted by atomic mass is 16.6. The Morgan fingerprint density at radius 1 is 1.52 bits per heavy atom. The minimum absolute atomic E-state index is 0.125. The number of benzene rings is 1. The predicted molar refractivity (Wildman–Crippen MR) is 83.4 cm³/mol. The average molecular weight is 318 g/mol. The van der Waals surface area contributed by atoms with Crippen LogP contribution in [-0.4, -0.2) is 31.3 Å². The van der Waals surface area contributed by atoms with E-state index in [4.69, 9.17) is 15.0 Å². The quantitative estimate of drug-likeness (QED) is 0.484. The third-order valence-corrected chi connectivity index (χ3v) is 3.79. The molecule has 0 bridgehead atoms. The standard InChI is InChI=1S/C15H18N4O4/c1-4-23-14(21)19-12-9-11(22-3)6-5-10(12)7-8-15(2,13(19)20)17-18-16/h5-6,9H,4,7-8H2,1-3H3. The molecule has 1 heterocycles. The third kappa shape index (κ3) is 3.07. The Labute approximate surface area is 133 Å². The molecule has 23 heavy (non-hydrogen) atoms. The molecule has 122 valence electrons. The van der Waals surface area contributed by atoms with Crippen LogP contribution < -0.4 is 9.64 Å². The molecule has 0 saturated heterocycles. The van der Waals surface area contributed by atoms with Crippen LogP contribution in [0.2, 0.25) is 0 Å². The molecule has 0 N–H and O–H groups in total. The maximum absolute atomic E-state index is 12.9. The van der Waals surface area contributed by atoms with Gasteiger partial charge in [0.1, 0.15) is 11.3 Å². The normalized spacial score (nSPS) is 20.1. The number of hydrogen-bond donors (Lipinski definition) is 0. The number of nitrogens with zero attached hydrogens (tertiary/aromatic N) is 4. The van der Waals surface area contributed by atoms with Crippen molar-refractivity contribution in [3.63, 3.8) is 0 Å². The molecule has 1 aromatic carbocycles. The van der Waals surface area contributed by atoms with E-state index in [0.717, 1.165) is 10.5 Å². The number of fused-ring (bicyclic) bond motifs is 1. The molecule has 2 amide bonds. The first-order chi connectivity index (χ1) is 11.0. The van der Waals surface area contributed by atoms with Crippen molar-refractivity contribution in [2.45, 2.75) is 32.2 Å². The molecule has 2 rings (SSSR count). The summed E-state index contributed by atoms with van der Waals surface area (Å²) in [6, 6.07) is 5.14. The summed E-state index contributed by atoms with van der Waals surface area (Å²) in [7, 11) is 1.50. The van der Waals surface area contributed by atoms with Gasteiger partial charge in [0.15, 0.2) is 0 Å². The zero-order valence-electron chi connectivity index (χ0n) is 13.3. The molecule has 8 nitrogen and oxygen atoms in total. The molecule has 0 spiro atoms. The summed E-state index contributed by atoms with van der Waals surface area (Å²) in [4.78, 5) is 28.9. The fourth-order valence-corrected chi connectivity index (χ4v) is 2.49. The fourth-order valence-electron chi connectivity index (χ4n) is 2.49. The van der Waals surface area contributed by atoms with E-state index >= 15 is 0 Å². The fraction of sp³-hybridized carbons (Fsp3) is 0.467. The Morgan fingerprint density at radius 3 is 2.87 bits per heavy atom. The number of rotatable bonds is 3. The van der Waals surface area contributed by atoms with Gasteiger partial charge in [-0.3, -0.25) is 4.79 Å². The molecule has 1 aliphatic heterocycles. The van der Waals surface area contributed by atoms with Crippen LogP contribution in [0.4, 0.5) is 10.5 Å². The van der Waals surface area contributed by atoms with E-state index in [-0.39, 0.29) is 6.61 Å². The average Bonchev–Trinajstić information content (AvgIpc) is 2.63. The number of azide groups is 1. The van der Waals surface area contributed by atoms with Gasteiger partial charge in [0.2, 0.25) is 5.91 Å². The maximum atomic E-state index is 12.9. The first kappa shape index (κ1) is 16.6. The maximum Gasteiger partial charge on any atom is 0.421 e. The van der Waals surface area contributed by atoms with Crippen molar-refractivity contribution in [1.82, 2.24) is 0 Å². The van der Waals surface area contributed by atoms with Crippen molar-refractivity contribution in [3.05, 3.63) is 34.2 Å². The molecule has 1 aromatic rings. The monoisotopic (exact) mass is 318 g/mol. The van der Waals surface area contributed by atoms with Crippen molar-refractivity contribution < 1.29 is 19.1 Å². The lowest BCUT2D eigenvalue weighted by molar-refractivity contribution is -0.122. The summed E-state index contributed by atoms with van der Waals surface area (Å²) in [5.74, 6) is -0.0982. The molecular weight excluding hydrogens is 300 g/mol. The van der Waals surface area contributed by atoms with Crippen molar-refractivity contribution in [2.24, 2.45) is 5.11 Å². The first-order valence-corrected chi connectivity index (χ1v) is 7.21. The molecule has 8 heteroatoms. The number of anilines is 1. The number of ether oxygens (including phenoxy) is 2. The zero-order chi connectivity index (χ0) is 17.0. The highest BCUT2D eigenvalue weighted by Crippen LogP contribution is 2.36. The lowest BCUT2D eigenvalue weighted by Crippen LogP contribution is -2.48. The number of carbonyl (C=O) groups excluding carboxylic acids is 2. The lowest BCUT2D eigenvalue weighted by Gasteiger charge is -2.26. The van der Waals surface area contributed by atoms with Gasteiger partial charge in [-0.25, -0.2) is 9.69 Å². The van der Waals surface area contributed by atoms with Crippen molar-refractivity contribution in [2.75, 3.05) is 18.6 Å². The number of methoxy groups -OCH3 is 1. The van der Waals surface area contributed by atoms with Gasteiger partial charge in [0.05, 0.1) is 19.4 Å². The van der Waals surface area contributed by atoms with Crippen LogP contribution in [0.3, 0.4) is 0 Å². The summed E-state index contributed by atoms with van der Waals surface area (Å²) >= 11 is 0. The van der Waals surface area contributed by atoms with Gasteiger partial charge in [-0.2, -0.15) is 0 Å². The smallest absolute Gasteiger partial charge is 0.421 e. The number of carbonyl (C=O) groups is 2. The Hall–Kier alpha value is -2.73. The predicted octanol–water partition coefficient (Wildman–Crippen LogP) is 3.20. The molecule has 1 unspecified atom stereocenters. The number of imide groups is 1. The van der Waals surface area contributed by atoms with Crippen LogP contribution in [0.5, 0.6) is 5.75 Å². The molecule has 1 atom stereocenters. The summed E-state index contributed by atoms with van der Waals surface area (Å²) in [5.41, 5.74) is 8.59. The minimum atomic E-state index is -1.35. The van der Waals surface area contributed by atoms with E-state index in [2.05, 4.69) is 10.0 Å². The van der Waals surface area contributed by atoms with Gasteiger partial charge in [-0.15, -0.1) is 0 Å². The van der Waals surface area contributed by atoms with Crippen LogP contribution >= 0.6 is 0 Å². The highest BCUT2D eigenvalue weighted by molar-refractivity contribution is 6.16. The number of amides is 2. The molecule has 1 aliphatic rings. The SMILES string of the molecule is CCOC(=O)N1C(=O)C(C)(N=[N+]=[N-])CCc2ccc(OC)cc21.